The van der Waals surface area contributed by atoms with Gasteiger partial charge >= 0.3 is 0 Å². The van der Waals surface area contributed by atoms with E-state index in [9.17, 15) is 5.11 Å². The van der Waals surface area contributed by atoms with E-state index in [1.54, 1.807) is 12.3 Å². The summed E-state index contributed by atoms with van der Waals surface area (Å²) >= 11 is 1.51. The topological polar surface area (TPSA) is 54.7 Å². The van der Waals surface area contributed by atoms with E-state index in [0.717, 1.165) is 37.3 Å². The predicted octanol–water partition coefficient (Wildman–Crippen LogP) is 4.72. The van der Waals surface area contributed by atoms with E-state index < -0.39 is 0 Å². The Morgan fingerprint density at radius 1 is 1.23 bits per heavy atom. The van der Waals surface area contributed by atoms with Gasteiger partial charge in [0.05, 0.1) is 10.5 Å². The van der Waals surface area contributed by atoms with E-state index in [4.69, 9.17) is 9.72 Å². The molecule has 2 aromatic rings. The zero-order chi connectivity index (χ0) is 17.9. The van der Waals surface area contributed by atoms with Crippen LogP contribution in [-0.2, 0) is 10.2 Å². The molecule has 1 saturated carbocycles. The Kier molecular flexibility index (Phi) is 5.09. The van der Waals surface area contributed by atoms with Gasteiger partial charge in [0.15, 0.2) is 0 Å². The first kappa shape index (κ1) is 17.7. The Balaban J connectivity index is 1.53. The van der Waals surface area contributed by atoms with Gasteiger partial charge in [0.2, 0.25) is 0 Å². The van der Waals surface area contributed by atoms with Crippen molar-refractivity contribution in [2.45, 2.75) is 56.0 Å². The molecular formula is C21H26N2O2S. The lowest BCUT2D eigenvalue weighted by Gasteiger charge is -2.46. The molecule has 5 heteroatoms. The summed E-state index contributed by atoms with van der Waals surface area (Å²) in [6.07, 6.45) is 11.6. The van der Waals surface area contributed by atoms with Crippen LogP contribution in [0.25, 0.3) is 0 Å². The minimum atomic E-state index is 0.0404. The molecule has 0 amide bonds. The Morgan fingerprint density at radius 3 is 2.85 bits per heavy atom. The van der Waals surface area contributed by atoms with Crippen LogP contribution in [-0.4, -0.2) is 35.1 Å². The number of rotatable bonds is 5. The van der Waals surface area contributed by atoms with E-state index in [-0.39, 0.29) is 11.0 Å². The molecule has 2 aromatic heterocycles. The van der Waals surface area contributed by atoms with Gasteiger partial charge in [0, 0.05) is 36.7 Å². The number of ether oxygens (including phenoxy) is 1. The number of hydrogen-bond donors (Lipinski definition) is 1. The van der Waals surface area contributed by atoms with Crippen molar-refractivity contribution in [1.82, 2.24) is 4.98 Å². The lowest BCUT2D eigenvalue weighted by molar-refractivity contribution is -0.104. The van der Waals surface area contributed by atoms with Gasteiger partial charge in [-0.25, -0.2) is 0 Å². The van der Waals surface area contributed by atoms with Crippen molar-refractivity contribution >= 4 is 17.6 Å². The van der Waals surface area contributed by atoms with E-state index in [2.05, 4.69) is 17.1 Å². The second-order valence-corrected chi connectivity index (χ2v) is 8.56. The maximum atomic E-state index is 9.76. The van der Waals surface area contributed by atoms with Crippen LogP contribution >= 0.6 is 11.3 Å². The normalized spacial score (nSPS) is 25.2. The van der Waals surface area contributed by atoms with Crippen LogP contribution in [0.1, 0.15) is 55.5 Å². The van der Waals surface area contributed by atoms with Crippen molar-refractivity contribution in [2.24, 2.45) is 4.99 Å². The van der Waals surface area contributed by atoms with Crippen LogP contribution in [0.2, 0.25) is 0 Å². The molecular weight excluding hydrogens is 344 g/mol. The molecule has 1 atom stereocenters. The quantitative estimate of drug-likeness (QED) is 0.775. The molecule has 1 unspecified atom stereocenters. The highest BCUT2D eigenvalue weighted by Crippen LogP contribution is 2.49. The van der Waals surface area contributed by atoms with Gasteiger partial charge in [0.25, 0.3) is 0 Å². The van der Waals surface area contributed by atoms with Crippen molar-refractivity contribution in [3.63, 3.8) is 0 Å². The number of pyridine rings is 1. The molecule has 138 valence electrons. The molecule has 26 heavy (non-hydrogen) atoms. The lowest BCUT2D eigenvalue weighted by Crippen LogP contribution is -2.46. The summed E-state index contributed by atoms with van der Waals surface area (Å²) in [7, 11) is 0. The number of thiophene rings is 1. The molecule has 2 fully saturated rings. The van der Waals surface area contributed by atoms with Crippen molar-refractivity contribution in [1.29, 1.82) is 0 Å². The Labute approximate surface area is 159 Å². The standard InChI is InChI=1S/C21H26N2O2S/c24-17-6-14-26-18(17)15-22-12-9-20(19-5-1-4-11-23-19)10-13-25-21(16-20)7-2-3-8-21/h1,4-6,11,14-15,24H,2-3,7-10,12-13,16H2. The molecule has 1 aliphatic heterocycles. The molecule has 4 nitrogen and oxygen atoms in total. The third-order valence-corrected chi connectivity index (χ3v) is 6.81. The van der Waals surface area contributed by atoms with Gasteiger partial charge in [-0.2, -0.15) is 0 Å². The van der Waals surface area contributed by atoms with Crippen molar-refractivity contribution in [2.75, 3.05) is 13.2 Å². The number of hydrogen-bond acceptors (Lipinski definition) is 5. The van der Waals surface area contributed by atoms with E-state index in [0.29, 0.717) is 5.75 Å². The second-order valence-electron chi connectivity index (χ2n) is 7.62. The average molecular weight is 371 g/mol. The first-order chi connectivity index (χ1) is 12.7. The Bertz CT molecular complexity index is 752. The number of aromatic hydroxyl groups is 1. The molecule has 1 saturated heterocycles. The smallest absolute Gasteiger partial charge is 0.135 e. The van der Waals surface area contributed by atoms with Gasteiger partial charge in [-0.05, 0) is 55.7 Å². The summed E-state index contributed by atoms with van der Waals surface area (Å²) in [6.45, 7) is 1.55. The SMILES string of the molecule is Oc1ccsc1C=NCCC1(c2ccccn2)CCOC2(CCCC2)C1. The van der Waals surface area contributed by atoms with E-state index in [1.165, 1.54) is 42.7 Å². The summed E-state index contributed by atoms with van der Waals surface area (Å²) in [5.74, 6) is 0.314. The minimum Gasteiger partial charge on any atom is -0.506 e. The molecule has 1 N–H and O–H groups in total. The highest BCUT2D eigenvalue weighted by atomic mass is 32.1. The fraction of sp³-hybridized carbons (Fsp3) is 0.524. The van der Waals surface area contributed by atoms with Crippen LogP contribution in [0.3, 0.4) is 0 Å². The zero-order valence-corrected chi connectivity index (χ0v) is 15.9. The molecule has 1 aliphatic carbocycles. The lowest BCUT2D eigenvalue weighted by atomic mass is 9.68. The minimum absolute atomic E-state index is 0.0404. The molecule has 2 aliphatic rings. The second kappa shape index (κ2) is 7.49. The largest absolute Gasteiger partial charge is 0.506 e. The Morgan fingerprint density at radius 2 is 2.12 bits per heavy atom. The summed E-state index contributed by atoms with van der Waals surface area (Å²) < 4.78 is 6.29. The molecule has 0 bridgehead atoms. The third-order valence-electron chi connectivity index (χ3n) is 5.97. The summed E-state index contributed by atoms with van der Waals surface area (Å²) in [6, 6.07) is 7.96. The summed E-state index contributed by atoms with van der Waals surface area (Å²) in [4.78, 5) is 10.2. The maximum Gasteiger partial charge on any atom is 0.135 e. The van der Waals surface area contributed by atoms with E-state index in [1.807, 2.05) is 17.6 Å². The first-order valence-electron chi connectivity index (χ1n) is 9.53. The number of nitrogens with zero attached hydrogens (tertiary/aromatic N) is 2. The number of aliphatic imine (C=N–C) groups is 1. The molecule has 0 radical (unpaired) electrons. The highest BCUT2D eigenvalue weighted by molar-refractivity contribution is 7.12. The average Bonchev–Trinajstić information content (AvgIpc) is 3.29. The summed E-state index contributed by atoms with van der Waals surface area (Å²) in [5, 5.41) is 11.6. The molecule has 4 rings (SSSR count). The number of aromatic nitrogens is 1. The fourth-order valence-corrected chi connectivity index (χ4v) is 5.30. The van der Waals surface area contributed by atoms with Gasteiger partial charge in [-0.3, -0.25) is 9.98 Å². The fourth-order valence-electron chi connectivity index (χ4n) is 4.63. The van der Waals surface area contributed by atoms with E-state index >= 15 is 0 Å². The monoisotopic (exact) mass is 370 g/mol. The van der Waals surface area contributed by atoms with Crippen molar-refractivity contribution in [3.05, 3.63) is 46.4 Å². The molecule has 3 heterocycles. The van der Waals surface area contributed by atoms with Crippen molar-refractivity contribution < 1.29 is 9.84 Å². The summed E-state index contributed by atoms with van der Waals surface area (Å²) in [5.41, 5.74) is 1.27. The molecule has 0 aromatic carbocycles. The van der Waals surface area contributed by atoms with Crippen molar-refractivity contribution in [3.8, 4) is 5.75 Å². The molecule has 1 spiro atoms. The van der Waals surface area contributed by atoms with Crippen LogP contribution in [0.15, 0.2) is 40.8 Å². The van der Waals surface area contributed by atoms with Crippen LogP contribution in [0.4, 0.5) is 0 Å². The van der Waals surface area contributed by atoms with Gasteiger partial charge in [-0.1, -0.05) is 18.9 Å². The zero-order valence-electron chi connectivity index (χ0n) is 15.1. The van der Waals surface area contributed by atoms with Gasteiger partial charge in [-0.15, -0.1) is 11.3 Å². The van der Waals surface area contributed by atoms with Crippen LogP contribution in [0.5, 0.6) is 5.75 Å². The Hall–Kier alpha value is -1.72. The first-order valence-corrected chi connectivity index (χ1v) is 10.4. The predicted molar refractivity (Wildman–Crippen MR) is 105 cm³/mol. The van der Waals surface area contributed by atoms with Gasteiger partial charge in [0.1, 0.15) is 5.75 Å². The maximum absolute atomic E-state index is 9.76. The van der Waals surface area contributed by atoms with Gasteiger partial charge < -0.3 is 9.84 Å². The van der Waals surface area contributed by atoms with Crippen LogP contribution in [0, 0.1) is 0 Å². The third kappa shape index (κ3) is 3.55. The highest BCUT2D eigenvalue weighted by Gasteiger charge is 2.48. The van der Waals surface area contributed by atoms with Crippen LogP contribution < -0.4 is 0 Å².